The van der Waals surface area contributed by atoms with Gasteiger partial charge in [0, 0.05) is 11.3 Å². The highest BCUT2D eigenvalue weighted by Crippen LogP contribution is 2.22. The van der Waals surface area contributed by atoms with Crippen molar-refractivity contribution >= 4 is 11.8 Å². The van der Waals surface area contributed by atoms with E-state index in [1.54, 1.807) is 0 Å². The predicted octanol–water partition coefficient (Wildman–Crippen LogP) is 3.70. The first-order valence-corrected chi connectivity index (χ1v) is 8.34. The lowest BCUT2D eigenvalue weighted by molar-refractivity contribution is 0.747. The van der Waals surface area contributed by atoms with Crippen LogP contribution in [0.4, 0.5) is 0 Å². The summed E-state index contributed by atoms with van der Waals surface area (Å²) in [5, 5.41) is 12.0. The van der Waals surface area contributed by atoms with Crippen LogP contribution in [0.15, 0.2) is 59.5 Å². The lowest BCUT2D eigenvalue weighted by Crippen LogP contribution is -2.03. The zero-order valence-corrected chi connectivity index (χ0v) is 13.3. The molecule has 5 heteroatoms. The normalized spacial score (nSPS) is 10.8. The molecule has 22 heavy (non-hydrogen) atoms. The molecule has 0 aliphatic heterocycles. The molecule has 0 N–H and O–H groups in total. The summed E-state index contributed by atoms with van der Waals surface area (Å²) in [5.41, 5.74) is 2.34. The van der Waals surface area contributed by atoms with E-state index in [1.807, 2.05) is 46.8 Å². The standard InChI is InChI=1S/C17H18N4S/c1-14-8-5-6-11-16(14)22-13-7-12-17-18-19-20-21(17)15-9-3-2-4-10-15/h2-6,8-11H,7,12-13H2,1H3. The van der Waals surface area contributed by atoms with E-state index < -0.39 is 0 Å². The summed E-state index contributed by atoms with van der Waals surface area (Å²) in [6, 6.07) is 18.5. The Labute approximate surface area is 134 Å². The lowest BCUT2D eigenvalue weighted by atomic mass is 10.2. The number of nitrogens with zero attached hydrogens (tertiary/aromatic N) is 4. The van der Waals surface area contributed by atoms with E-state index in [2.05, 4.69) is 46.7 Å². The molecule has 1 aromatic heterocycles. The topological polar surface area (TPSA) is 43.6 Å². The molecular formula is C17H18N4S. The van der Waals surface area contributed by atoms with Crippen molar-refractivity contribution < 1.29 is 0 Å². The Balaban J connectivity index is 1.57. The van der Waals surface area contributed by atoms with Gasteiger partial charge in [0.1, 0.15) is 0 Å². The number of rotatable bonds is 6. The second-order valence-corrected chi connectivity index (χ2v) is 6.20. The first-order chi connectivity index (χ1) is 10.8. The van der Waals surface area contributed by atoms with Gasteiger partial charge < -0.3 is 0 Å². The van der Waals surface area contributed by atoms with Gasteiger partial charge in [0.2, 0.25) is 0 Å². The van der Waals surface area contributed by atoms with Crippen LogP contribution >= 0.6 is 11.8 Å². The molecule has 3 rings (SSSR count). The highest BCUT2D eigenvalue weighted by atomic mass is 32.2. The molecule has 0 amide bonds. The van der Waals surface area contributed by atoms with E-state index in [0.717, 1.165) is 30.1 Å². The van der Waals surface area contributed by atoms with Gasteiger partial charge in [0.05, 0.1) is 5.69 Å². The van der Waals surface area contributed by atoms with E-state index in [0.29, 0.717) is 0 Å². The average molecular weight is 310 g/mol. The zero-order chi connectivity index (χ0) is 15.2. The molecule has 0 atom stereocenters. The van der Waals surface area contributed by atoms with Gasteiger partial charge in [-0.25, -0.2) is 0 Å². The van der Waals surface area contributed by atoms with Crippen LogP contribution in [-0.2, 0) is 6.42 Å². The summed E-state index contributed by atoms with van der Waals surface area (Å²) < 4.78 is 1.82. The second-order valence-electron chi connectivity index (χ2n) is 5.06. The van der Waals surface area contributed by atoms with E-state index in [9.17, 15) is 0 Å². The van der Waals surface area contributed by atoms with Crippen LogP contribution in [0.25, 0.3) is 5.69 Å². The summed E-state index contributed by atoms with van der Waals surface area (Å²) in [6.45, 7) is 2.15. The van der Waals surface area contributed by atoms with Gasteiger partial charge in [-0.05, 0) is 53.3 Å². The molecule has 0 unspecified atom stereocenters. The van der Waals surface area contributed by atoms with Crippen molar-refractivity contribution in [1.82, 2.24) is 20.2 Å². The minimum atomic E-state index is 0.876. The molecule has 0 bridgehead atoms. The molecule has 3 aromatic rings. The smallest absolute Gasteiger partial charge is 0.156 e. The van der Waals surface area contributed by atoms with Crippen LogP contribution in [0.5, 0.6) is 0 Å². The van der Waals surface area contributed by atoms with E-state index in [1.165, 1.54) is 10.5 Å². The van der Waals surface area contributed by atoms with Crippen molar-refractivity contribution in [3.05, 3.63) is 66.0 Å². The van der Waals surface area contributed by atoms with Crippen molar-refractivity contribution in [2.75, 3.05) is 5.75 Å². The molecule has 0 fully saturated rings. The van der Waals surface area contributed by atoms with Crippen LogP contribution in [-0.4, -0.2) is 26.0 Å². The number of hydrogen-bond acceptors (Lipinski definition) is 4. The van der Waals surface area contributed by atoms with Gasteiger partial charge >= 0.3 is 0 Å². The fourth-order valence-corrected chi connectivity index (χ4v) is 3.24. The summed E-state index contributed by atoms with van der Waals surface area (Å²) >= 11 is 1.89. The number of aromatic nitrogens is 4. The third-order valence-corrected chi connectivity index (χ3v) is 4.69. The van der Waals surface area contributed by atoms with Crippen molar-refractivity contribution in [3.8, 4) is 5.69 Å². The van der Waals surface area contributed by atoms with Crippen molar-refractivity contribution in [2.24, 2.45) is 0 Å². The van der Waals surface area contributed by atoms with Crippen molar-refractivity contribution in [1.29, 1.82) is 0 Å². The monoisotopic (exact) mass is 310 g/mol. The molecule has 2 aromatic carbocycles. The van der Waals surface area contributed by atoms with Crippen LogP contribution in [0.1, 0.15) is 17.8 Å². The Morgan fingerprint density at radius 1 is 1.00 bits per heavy atom. The van der Waals surface area contributed by atoms with Crippen LogP contribution in [0, 0.1) is 6.92 Å². The van der Waals surface area contributed by atoms with Gasteiger partial charge in [-0.15, -0.1) is 16.9 Å². The maximum atomic E-state index is 4.15. The molecule has 0 radical (unpaired) electrons. The number of tetrazole rings is 1. The second kappa shape index (κ2) is 7.22. The quantitative estimate of drug-likeness (QED) is 0.514. The maximum absolute atomic E-state index is 4.15. The first-order valence-electron chi connectivity index (χ1n) is 7.36. The third-order valence-electron chi connectivity index (χ3n) is 3.43. The minimum Gasteiger partial charge on any atom is -0.197 e. The maximum Gasteiger partial charge on any atom is 0.156 e. The molecule has 0 saturated carbocycles. The van der Waals surface area contributed by atoms with Crippen molar-refractivity contribution in [2.45, 2.75) is 24.7 Å². The number of para-hydroxylation sites is 1. The molecular weight excluding hydrogens is 292 g/mol. The third kappa shape index (κ3) is 3.54. The highest BCUT2D eigenvalue weighted by Gasteiger charge is 2.07. The van der Waals surface area contributed by atoms with Crippen LogP contribution in [0.3, 0.4) is 0 Å². The Morgan fingerprint density at radius 3 is 2.59 bits per heavy atom. The highest BCUT2D eigenvalue weighted by molar-refractivity contribution is 7.99. The Morgan fingerprint density at radius 2 is 1.77 bits per heavy atom. The summed E-state index contributed by atoms with van der Waals surface area (Å²) in [4.78, 5) is 1.35. The number of benzene rings is 2. The average Bonchev–Trinajstić information content (AvgIpc) is 3.02. The SMILES string of the molecule is Cc1ccccc1SCCCc1nnnn1-c1ccccc1. The van der Waals surface area contributed by atoms with E-state index in [-0.39, 0.29) is 0 Å². The van der Waals surface area contributed by atoms with Gasteiger partial charge in [-0.2, -0.15) is 4.68 Å². The first kappa shape index (κ1) is 14.8. The Bertz CT molecular complexity index is 724. The Kier molecular flexibility index (Phi) is 4.85. The number of aryl methyl sites for hydroxylation is 2. The van der Waals surface area contributed by atoms with E-state index in [4.69, 9.17) is 0 Å². The van der Waals surface area contributed by atoms with Gasteiger partial charge in [-0.1, -0.05) is 36.4 Å². The van der Waals surface area contributed by atoms with Crippen LogP contribution in [0.2, 0.25) is 0 Å². The van der Waals surface area contributed by atoms with Gasteiger partial charge in [0.15, 0.2) is 5.82 Å². The molecule has 112 valence electrons. The summed E-state index contributed by atoms with van der Waals surface area (Å²) in [5.74, 6) is 1.98. The zero-order valence-electron chi connectivity index (χ0n) is 12.5. The van der Waals surface area contributed by atoms with Crippen LogP contribution < -0.4 is 0 Å². The van der Waals surface area contributed by atoms with E-state index >= 15 is 0 Å². The fraction of sp³-hybridized carbons (Fsp3) is 0.235. The molecule has 0 aliphatic rings. The summed E-state index contributed by atoms with van der Waals surface area (Å²) in [7, 11) is 0. The largest absolute Gasteiger partial charge is 0.197 e. The molecule has 1 heterocycles. The summed E-state index contributed by atoms with van der Waals surface area (Å²) in [6.07, 6.45) is 1.92. The van der Waals surface area contributed by atoms with Crippen molar-refractivity contribution in [3.63, 3.8) is 0 Å². The lowest BCUT2D eigenvalue weighted by Gasteiger charge is -2.06. The van der Waals surface area contributed by atoms with Gasteiger partial charge in [-0.3, -0.25) is 0 Å². The molecule has 0 spiro atoms. The Hall–Kier alpha value is -2.14. The minimum absolute atomic E-state index is 0.876. The molecule has 4 nitrogen and oxygen atoms in total. The molecule has 0 aliphatic carbocycles. The fourth-order valence-electron chi connectivity index (χ4n) is 2.26. The number of thioether (sulfide) groups is 1. The predicted molar refractivity (Wildman–Crippen MR) is 89.4 cm³/mol. The molecule has 0 saturated heterocycles. The van der Waals surface area contributed by atoms with Gasteiger partial charge in [0.25, 0.3) is 0 Å². The number of hydrogen-bond donors (Lipinski definition) is 0.